The molecule has 174 valence electrons. The van der Waals surface area contributed by atoms with Crippen LogP contribution in [0.4, 0.5) is 0 Å². The summed E-state index contributed by atoms with van der Waals surface area (Å²) in [5.41, 5.74) is 3.47. The Bertz CT molecular complexity index is 1030. The van der Waals surface area contributed by atoms with Gasteiger partial charge in [-0.15, -0.1) is 0 Å². The van der Waals surface area contributed by atoms with E-state index in [1.165, 1.54) is 11.1 Å². The van der Waals surface area contributed by atoms with Crippen molar-refractivity contribution in [3.8, 4) is 11.4 Å². The first kappa shape index (κ1) is 23.2. The number of benzene rings is 2. The molecule has 0 saturated carbocycles. The van der Waals surface area contributed by atoms with Gasteiger partial charge in [-0.3, -0.25) is 9.69 Å². The van der Waals surface area contributed by atoms with Crippen LogP contribution in [0.25, 0.3) is 11.4 Å². The summed E-state index contributed by atoms with van der Waals surface area (Å²) < 4.78 is 5.48. The predicted octanol–water partition coefficient (Wildman–Crippen LogP) is 4.64. The van der Waals surface area contributed by atoms with Gasteiger partial charge in [-0.2, -0.15) is 4.98 Å². The number of amides is 1. The average Bonchev–Trinajstić information content (AvgIpc) is 3.31. The second-order valence-corrected chi connectivity index (χ2v) is 9.14. The summed E-state index contributed by atoms with van der Waals surface area (Å²) in [6, 6.07) is 18.6. The molecule has 6 nitrogen and oxygen atoms in total. The first-order chi connectivity index (χ1) is 16.1. The van der Waals surface area contributed by atoms with E-state index in [1.54, 1.807) is 0 Å². The SMILES string of the molecule is CCC(CNC(=O)C1CCN(Cc2nc(-c3cccc(C)c3)no2)CC1)Cc1ccccc1. The van der Waals surface area contributed by atoms with Gasteiger partial charge >= 0.3 is 0 Å². The highest BCUT2D eigenvalue weighted by molar-refractivity contribution is 5.78. The fourth-order valence-electron chi connectivity index (χ4n) is 4.46. The largest absolute Gasteiger partial charge is 0.356 e. The number of carbonyl (C=O) groups excluding carboxylic acids is 1. The van der Waals surface area contributed by atoms with Crippen molar-refractivity contribution in [2.75, 3.05) is 19.6 Å². The number of aryl methyl sites for hydroxylation is 1. The summed E-state index contributed by atoms with van der Waals surface area (Å²) in [4.78, 5) is 19.6. The summed E-state index contributed by atoms with van der Waals surface area (Å²) in [5, 5.41) is 7.35. The van der Waals surface area contributed by atoms with Crippen LogP contribution < -0.4 is 5.32 Å². The third kappa shape index (κ3) is 6.51. The van der Waals surface area contributed by atoms with Crippen molar-refractivity contribution in [1.82, 2.24) is 20.4 Å². The van der Waals surface area contributed by atoms with Crippen LogP contribution >= 0.6 is 0 Å². The molecule has 1 aromatic heterocycles. The molecule has 1 fully saturated rings. The third-order valence-electron chi connectivity index (χ3n) is 6.57. The molecule has 6 heteroatoms. The van der Waals surface area contributed by atoms with Crippen LogP contribution in [0.2, 0.25) is 0 Å². The molecule has 0 aliphatic carbocycles. The molecule has 1 atom stereocenters. The average molecular weight is 447 g/mol. The number of carbonyl (C=O) groups is 1. The first-order valence-corrected chi connectivity index (χ1v) is 12.0. The Hall–Kier alpha value is -2.99. The Morgan fingerprint density at radius 1 is 1.15 bits per heavy atom. The Morgan fingerprint density at radius 3 is 2.67 bits per heavy atom. The van der Waals surface area contributed by atoms with Gasteiger partial charge in [0.15, 0.2) is 0 Å². The van der Waals surface area contributed by atoms with Crippen LogP contribution in [0, 0.1) is 18.8 Å². The molecule has 3 aromatic rings. The smallest absolute Gasteiger partial charge is 0.241 e. The van der Waals surface area contributed by atoms with Crippen molar-refractivity contribution in [2.45, 2.75) is 46.1 Å². The highest BCUT2D eigenvalue weighted by Crippen LogP contribution is 2.21. The second-order valence-electron chi connectivity index (χ2n) is 9.14. The van der Waals surface area contributed by atoms with E-state index in [1.807, 2.05) is 18.2 Å². The maximum absolute atomic E-state index is 12.8. The van der Waals surface area contributed by atoms with Crippen molar-refractivity contribution in [1.29, 1.82) is 0 Å². The molecule has 0 spiro atoms. The minimum atomic E-state index is 0.0843. The van der Waals surface area contributed by atoms with Gasteiger partial charge in [0, 0.05) is 18.0 Å². The van der Waals surface area contributed by atoms with Gasteiger partial charge in [-0.05, 0) is 56.8 Å². The lowest BCUT2D eigenvalue weighted by atomic mass is 9.94. The van der Waals surface area contributed by atoms with Crippen molar-refractivity contribution < 1.29 is 9.32 Å². The zero-order valence-electron chi connectivity index (χ0n) is 19.7. The number of rotatable bonds is 9. The van der Waals surface area contributed by atoms with Crippen LogP contribution in [0.15, 0.2) is 59.1 Å². The Kier molecular flexibility index (Phi) is 7.89. The van der Waals surface area contributed by atoms with E-state index in [4.69, 9.17) is 4.52 Å². The maximum atomic E-state index is 12.8. The number of aromatic nitrogens is 2. The van der Waals surface area contributed by atoms with Crippen molar-refractivity contribution in [3.05, 3.63) is 71.6 Å². The molecule has 1 unspecified atom stereocenters. The lowest BCUT2D eigenvalue weighted by molar-refractivity contribution is -0.126. The zero-order chi connectivity index (χ0) is 23.0. The molecule has 1 N–H and O–H groups in total. The van der Waals surface area contributed by atoms with Gasteiger partial charge in [-0.1, -0.05) is 72.6 Å². The van der Waals surface area contributed by atoms with Crippen LogP contribution in [0.5, 0.6) is 0 Å². The van der Waals surface area contributed by atoms with E-state index in [0.29, 0.717) is 24.2 Å². The molecule has 33 heavy (non-hydrogen) atoms. The van der Waals surface area contributed by atoms with Gasteiger partial charge in [0.1, 0.15) is 0 Å². The predicted molar refractivity (Wildman–Crippen MR) is 129 cm³/mol. The Balaban J connectivity index is 1.21. The molecular formula is C27H34N4O2. The Morgan fingerprint density at radius 2 is 1.94 bits per heavy atom. The minimum Gasteiger partial charge on any atom is -0.356 e. The van der Waals surface area contributed by atoms with Crippen LogP contribution in [-0.2, 0) is 17.8 Å². The monoisotopic (exact) mass is 446 g/mol. The second kappa shape index (κ2) is 11.2. The number of piperidine rings is 1. The van der Waals surface area contributed by atoms with Crippen molar-refractivity contribution >= 4 is 5.91 Å². The highest BCUT2D eigenvalue weighted by atomic mass is 16.5. The summed E-state index contributed by atoms with van der Waals surface area (Å²) >= 11 is 0. The summed E-state index contributed by atoms with van der Waals surface area (Å²) in [7, 11) is 0. The molecular weight excluding hydrogens is 412 g/mol. The molecule has 2 heterocycles. The minimum absolute atomic E-state index is 0.0843. The summed E-state index contributed by atoms with van der Waals surface area (Å²) in [5.74, 6) is 2.00. The fraction of sp³-hybridized carbons (Fsp3) is 0.444. The topological polar surface area (TPSA) is 71.3 Å². The lowest BCUT2D eigenvalue weighted by Gasteiger charge is -2.30. The van der Waals surface area contributed by atoms with Crippen molar-refractivity contribution in [3.63, 3.8) is 0 Å². The fourth-order valence-corrected chi connectivity index (χ4v) is 4.46. The van der Waals surface area contributed by atoms with Crippen LogP contribution in [0.3, 0.4) is 0 Å². The first-order valence-electron chi connectivity index (χ1n) is 12.0. The summed E-state index contributed by atoms with van der Waals surface area (Å²) in [6.07, 6.45) is 3.79. The molecule has 1 saturated heterocycles. The number of hydrogen-bond donors (Lipinski definition) is 1. The van der Waals surface area contributed by atoms with Gasteiger partial charge < -0.3 is 9.84 Å². The number of nitrogens with zero attached hydrogens (tertiary/aromatic N) is 3. The number of nitrogens with one attached hydrogen (secondary N) is 1. The highest BCUT2D eigenvalue weighted by Gasteiger charge is 2.26. The zero-order valence-corrected chi connectivity index (χ0v) is 19.7. The van der Waals surface area contributed by atoms with Gasteiger partial charge in [0.25, 0.3) is 0 Å². The van der Waals surface area contributed by atoms with Crippen molar-refractivity contribution in [2.24, 2.45) is 11.8 Å². The van der Waals surface area contributed by atoms with Gasteiger partial charge in [-0.25, -0.2) is 0 Å². The molecule has 2 aromatic carbocycles. The maximum Gasteiger partial charge on any atom is 0.241 e. The number of likely N-dealkylation sites (tertiary alicyclic amines) is 1. The van der Waals surface area contributed by atoms with Crippen LogP contribution in [0.1, 0.15) is 43.2 Å². The van der Waals surface area contributed by atoms with Gasteiger partial charge in [0.05, 0.1) is 6.54 Å². The molecule has 4 rings (SSSR count). The standard InChI is InChI=1S/C27H34N4O2/c1-3-21(17-22-9-5-4-6-10-22)18-28-27(32)23-12-14-31(15-13-23)19-25-29-26(30-33-25)24-11-7-8-20(2)16-24/h4-11,16,21,23H,3,12-15,17-19H2,1-2H3,(H,28,32). The third-order valence-corrected chi connectivity index (χ3v) is 6.57. The van der Waals surface area contributed by atoms with E-state index >= 15 is 0 Å². The van der Waals surface area contributed by atoms with E-state index < -0.39 is 0 Å². The summed E-state index contributed by atoms with van der Waals surface area (Å²) in [6.45, 7) is 7.34. The van der Waals surface area contributed by atoms with E-state index in [0.717, 1.165) is 50.9 Å². The number of hydrogen-bond acceptors (Lipinski definition) is 5. The molecule has 1 amide bonds. The lowest BCUT2D eigenvalue weighted by Crippen LogP contribution is -2.41. The molecule has 1 aliphatic heterocycles. The molecule has 0 radical (unpaired) electrons. The van der Waals surface area contributed by atoms with E-state index in [9.17, 15) is 4.79 Å². The van der Waals surface area contributed by atoms with Crippen LogP contribution in [-0.4, -0.2) is 40.6 Å². The normalized spacial score (nSPS) is 15.9. The van der Waals surface area contributed by atoms with E-state index in [-0.39, 0.29) is 11.8 Å². The van der Waals surface area contributed by atoms with Gasteiger partial charge in [0.2, 0.25) is 17.6 Å². The van der Waals surface area contributed by atoms with E-state index in [2.05, 4.69) is 70.6 Å². The Labute approximate surface area is 196 Å². The molecule has 1 aliphatic rings. The molecule has 0 bridgehead atoms. The quantitative estimate of drug-likeness (QED) is 0.518.